The molecule has 0 atom stereocenters. The Kier molecular flexibility index (Phi) is 6.10. The number of carboxylic acids is 1. The maximum Gasteiger partial charge on any atom is 0.335 e. The SMILES string of the molecule is Cc1ccc(C2=CCC(C)(C)c3cc(C(=CCc4ccc(C(=O)O)cc4)N=O)ccc32)cc1. The van der Waals surface area contributed by atoms with Crippen molar-refractivity contribution in [2.24, 2.45) is 5.18 Å². The van der Waals surface area contributed by atoms with Crippen LogP contribution < -0.4 is 0 Å². The molecule has 3 aromatic carbocycles. The summed E-state index contributed by atoms with van der Waals surface area (Å²) in [7, 11) is 0. The Morgan fingerprint density at radius 1 is 1.00 bits per heavy atom. The maximum absolute atomic E-state index is 11.7. The van der Waals surface area contributed by atoms with Crippen LogP contribution in [-0.4, -0.2) is 11.1 Å². The Bertz CT molecular complexity index is 1260. The molecule has 1 N–H and O–H groups in total. The molecular weight excluding hydrogens is 410 g/mol. The highest BCUT2D eigenvalue weighted by molar-refractivity contribution is 5.87. The van der Waals surface area contributed by atoms with E-state index in [0.717, 1.165) is 17.5 Å². The quantitative estimate of drug-likeness (QED) is 0.416. The summed E-state index contributed by atoms with van der Waals surface area (Å²) >= 11 is 0. The van der Waals surface area contributed by atoms with Crippen LogP contribution in [-0.2, 0) is 11.8 Å². The summed E-state index contributed by atoms with van der Waals surface area (Å²) in [6.45, 7) is 6.53. The van der Waals surface area contributed by atoms with Gasteiger partial charge in [-0.05, 0) is 76.4 Å². The summed E-state index contributed by atoms with van der Waals surface area (Å²) in [5.41, 5.74) is 8.34. The zero-order valence-corrected chi connectivity index (χ0v) is 19.1. The normalized spacial score (nSPS) is 14.9. The van der Waals surface area contributed by atoms with E-state index in [2.05, 4.69) is 68.4 Å². The molecule has 0 amide bonds. The van der Waals surface area contributed by atoms with Crippen LogP contribution >= 0.6 is 0 Å². The minimum absolute atomic E-state index is 0.0554. The van der Waals surface area contributed by atoms with E-state index in [1.54, 1.807) is 30.3 Å². The van der Waals surface area contributed by atoms with Gasteiger partial charge in [0, 0.05) is 5.56 Å². The fourth-order valence-corrected chi connectivity index (χ4v) is 4.29. The molecule has 33 heavy (non-hydrogen) atoms. The molecule has 0 aliphatic heterocycles. The van der Waals surface area contributed by atoms with Crippen molar-refractivity contribution in [3.05, 3.63) is 123 Å². The number of nitroso groups, excluding NO2 is 1. The summed E-state index contributed by atoms with van der Waals surface area (Å²) in [5.74, 6) is -0.955. The molecular formula is C29H27NO3. The molecule has 4 heteroatoms. The van der Waals surface area contributed by atoms with Gasteiger partial charge in [0.1, 0.15) is 5.70 Å². The lowest BCUT2D eigenvalue weighted by Gasteiger charge is -2.32. The number of allylic oxidation sites excluding steroid dienone is 2. The molecule has 0 saturated carbocycles. The minimum Gasteiger partial charge on any atom is -0.478 e. The van der Waals surface area contributed by atoms with Gasteiger partial charge in [-0.3, -0.25) is 0 Å². The number of benzene rings is 3. The average molecular weight is 438 g/mol. The van der Waals surface area contributed by atoms with Gasteiger partial charge in [0.25, 0.3) is 0 Å². The molecule has 4 nitrogen and oxygen atoms in total. The monoisotopic (exact) mass is 437 g/mol. The van der Waals surface area contributed by atoms with E-state index in [0.29, 0.717) is 12.1 Å². The van der Waals surface area contributed by atoms with Crippen LogP contribution in [0.5, 0.6) is 0 Å². The van der Waals surface area contributed by atoms with Gasteiger partial charge in [0.2, 0.25) is 0 Å². The van der Waals surface area contributed by atoms with Crippen LogP contribution in [0, 0.1) is 11.8 Å². The first kappa shape index (κ1) is 22.4. The summed E-state index contributed by atoms with van der Waals surface area (Å²) in [6, 6.07) is 21.4. The Hall–Kier alpha value is -3.79. The van der Waals surface area contributed by atoms with Crippen LogP contribution in [0.3, 0.4) is 0 Å². The second-order valence-electron chi connectivity index (χ2n) is 9.22. The second kappa shape index (κ2) is 8.99. The lowest BCUT2D eigenvalue weighted by Crippen LogP contribution is -2.22. The van der Waals surface area contributed by atoms with E-state index >= 15 is 0 Å². The Morgan fingerprint density at radius 3 is 2.30 bits per heavy atom. The summed E-state index contributed by atoms with van der Waals surface area (Å²) < 4.78 is 0. The minimum atomic E-state index is -0.955. The van der Waals surface area contributed by atoms with Crippen molar-refractivity contribution in [3.63, 3.8) is 0 Å². The number of nitrogens with zero attached hydrogens (tertiary/aromatic N) is 1. The molecule has 0 saturated heterocycles. The highest BCUT2D eigenvalue weighted by Gasteiger charge is 2.29. The molecule has 0 fully saturated rings. The molecule has 0 aromatic heterocycles. The molecule has 1 aliphatic carbocycles. The van der Waals surface area contributed by atoms with Gasteiger partial charge < -0.3 is 5.11 Å². The number of rotatable bonds is 6. The topological polar surface area (TPSA) is 66.7 Å². The van der Waals surface area contributed by atoms with Crippen LogP contribution in [0.25, 0.3) is 11.3 Å². The highest BCUT2D eigenvalue weighted by atomic mass is 16.4. The third-order valence-corrected chi connectivity index (χ3v) is 6.34. The van der Waals surface area contributed by atoms with Gasteiger partial charge in [-0.2, -0.15) is 0 Å². The number of hydrogen-bond acceptors (Lipinski definition) is 3. The zero-order valence-electron chi connectivity index (χ0n) is 19.1. The van der Waals surface area contributed by atoms with Crippen LogP contribution in [0.2, 0.25) is 0 Å². The maximum atomic E-state index is 11.7. The molecule has 0 spiro atoms. The van der Waals surface area contributed by atoms with Crippen molar-refractivity contribution >= 4 is 17.2 Å². The van der Waals surface area contributed by atoms with Crippen LogP contribution in [0.15, 0.2) is 84.1 Å². The van der Waals surface area contributed by atoms with E-state index < -0.39 is 5.97 Å². The number of aryl methyl sites for hydroxylation is 1. The fourth-order valence-electron chi connectivity index (χ4n) is 4.29. The Labute approximate surface area is 194 Å². The third-order valence-electron chi connectivity index (χ3n) is 6.34. The van der Waals surface area contributed by atoms with Crippen LogP contribution in [0.1, 0.15) is 64.0 Å². The predicted molar refractivity (Wildman–Crippen MR) is 133 cm³/mol. The third kappa shape index (κ3) is 4.70. The lowest BCUT2D eigenvalue weighted by molar-refractivity contribution is 0.0697. The van der Waals surface area contributed by atoms with Crippen molar-refractivity contribution in [2.45, 2.75) is 39.0 Å². The van der Waals surface area contributed by atoms with Crippen molar-refractivity contribution in [3.8, 4) is 0 Å². The first-order valence-electron chi connectivity index (χ1n) is 11.1. The number of carboxylic acid groups (broad SMARTS) is 1. The van der Waals surface area contributed by atoms with Gasteiger partial charge in [-0.15, -0.1) is 4.91 Å². The van der Waals surface area contributed by atoms with Gasteiger partial charge in [0.05, 0.1) is 5.56 Å². The van der Waals surface area contributed by atoms with Gasteiger partial charge >= 0.3 is 5.97 Å². The van der Waals surface area contributed by atoms with Crippen molar-refractivity contribution in [2.75, 3.05) is 0 Å². The highest BCUT2D eigenvalue weighted by Crippen LogP contribution is 2.42. The van der Waals surface area contributed by atoms with Crippen molar-refractivity contribution in [1.29, 1.82) is 0 Å². The van der Waals surface area contributed by atoms with E-state index in [-0.39, 0.29) is 11.0 Å². The standard InChI is InChI=1S/C29H27NO3/c1-19-4-9-21(10-5-19)24-16-17-29(2,3)26-18-23(13-14-25(24)26)27(30-33)15-8-20-6-11-22(12-7-20)28(31)32/h4-7,9-16,18H,8,17H2,1-3H3,(H,31,32). The molecule has 3 aromatic rings. The van der Waals surface area contributed by atoms with E-state index in [9.17, 15) is 9.70 Å². The van der Waals surface area contributed by atoms with E-state index in [4.69, 9.17) is 5.11 Å². The molecule has 0 heterocycles. The number of carbonyl (C=O) groups is 1. The first-order chi connectivity index (χ1) is 15.8. The molecule has 0 unspecified atom stereocenters. The molecule has 0 bridgehead atoms. The zero-order chi connectivity index (χ0) is 23.6. The van der Waals surface area contributed by atoms with E-state index in [1.807, 2.05) is 6.07 Å². The smallest absolute Gasteiger partial charge is 0.335 e. The molecule has 0 radical (unpaired) electrons. The number of fused-ring (bicyclic) bond motifs is 1. The van der Waals surface area contributed by atoms with Crippen molar-refractivity contribution < 1.29 is 9.90 Å². The predicted octanol–water partition coefficient (Wildman–Crippen LogP) is 7.16. The van der Waals surface area contributed by atoms with Gasteiger partial charge in [-0.1, -0.05) is 80.1 Å². The van der Waals surface area contributed by atoms with Crippen LogP contribution in [0.4, 0.5) is 0 Å². The summed E-state index contributed by atoms with van der Waals surface area (Å²) in [5, 5.41) is 12.4. The molecule has 4 rings (SSSR count). The number of hydrogen-bond donors (Lipinski definition) is 1. The Balaban J connectivity index is 1.67. The average Bonchev–Trinajstić information content (AvgIpc) is 2.81. The number of aromatic carboxylic acids is 1. The fraction of sp³-hybridized carbons (Fsp3) is 0.207. The molecule has 1 aliphatic rings. The lowest BCUT2D eigenvalue weighted by atomic mass is 9.71. The van der Waals surface area contributed by atoms with E-state index in [1.165, 1.54) is 27.8 Å². The summed E-state index contributed by atoms with van der Waals surface area (Å²) in [4.78, 5) is 22.7. The summed E-state index contributed by atoms with van der Waals surface area (Å²) in [6.07, 6.45) is 5.52. The first-order valence-corrected chi connectivity index (χ1v) is 11.1. The second-order valence-corrected chi connectivity index (χ2v) is 9.22. The van der Waals surface area contributed by atoms with Gasteiger partial charge in [-0.25, -0.2) is 4.79 Å². The van der Waals surface area contributed by atoms with Gasteiger partial charge in [0.15, 0.2) is 0 Å². The Morgan fingerprint density at radius 2 is 1.67 bits per heavy atom. The van der Waals surface area contributed by atoms with Crippen molar-refractivity contribution in [1.82, 2.24) is 0 Å². The molecule has 166 valence electrons. The largest absolute Gasteiger partial charge is 0.478 e.